The molecule has 1 aromatic heterocycles. The number of benzene rings is 2. The lowest BCUT2D eigenvalue weighted by atomic mass is 10.1. The molecule has 2 N–H and O–H groups in total. The van der Waals surface area contributed by atoms with Gasteiger partial charge in [-0.25, -0.2) is 9.97 Å². The van der Waals surface area contributed by atoms with Crippen LogP contribution in [-0.4, -0.2) is 9.97 Å². The molecule has 116 valence electrons. The standard InChI is InChI=1S/C18H17ClN4/c1-13-5-7-14(8-6-13)11-20-17-10-18(22-12-21-17)23-16-4-2-3-15(19)9-16/h2-10,12H,11H2,1H3,(H2,20,21,22,23). The summed E-state index contributed by atoms with van der Waals surface area (Å²) in [5.74, 6) is 1.48. The lowest BCUT2D eigenvalue weighted by Gasteiger charge is -2.09. The molecule has 4 nitrogen and oxygen atoms in total. The van der Waals surface area contributed by atoms with Gasteiger partial charge in [0.15, 0.2) is 0 Å². The number of halogens is 1. The quantitative estimate of drug-likeness (QED) is 0.708. The molecular weight excluding hydrogens is 308 g/mol. The van der Waals surface area contributed by atoms with E-state index in [1.807, 2.05) is 30.3 Å². The summed E-state index contributed by atoms with van der Waals surface area (Å²) in [6, 6.07) is 17.8. The number of hydrogen-bond donors (Lipinski definition) is 2. The van der Waals surface area contributed by atoms with Crippen LogP contribution < -0.4 is 10.6 Å². The van der Waals surface area contributed by atoms with Crippen molar-refractivity contribution >= 4 is 28.9 Å². The number of rotatable bonds is 5. The highest BCUT2D eigenvalue weighted by Crippen LogP contribution is 2.20. The van der Waals surface area contributed by atoms with Crippen molar-refractivity contribution in [3.63, 3.8) is 0 Å². The fourth-order valence-electron chi connectivity index (χ4n) is 2.14. The van der Waals surface area contributed by atoms with Crippen LogP contribution >= 0.6 is 11.6 Å². The molecular formula is C18H17ClN4. The number of aryl methyl sites for hydroxylation is 1. The number of nitrogens with one attached hydrogen (secondary N) is 2. The Bertz CT molecular complexity index is 787. The lowest BCUT2D eigenvalue weighted by Crippen LogP contribution is -2.03. The molecule has 0 atom stereocenters. The van der Waals surface area contributed by atoms with Crippen LogP contribution in [0.5, 0.6) is 0 Å². The van der Waals surface area contributed by atoms with Gasteiger partial charge < -0.3 is 10.6 Å². The van der Waals surface area contributed by atoms with Crippen molar-refractivity contribution in [3.05, 3.63) is 77.1 Å². The van der Waals surface area contributed by atoms with Gasteiger partial charge in [-0.2, -0.15) is 0 Å². The highest BCUT2D eigenvalue weighted by atomic mass is 35.5. The van der Waals surface area contributed by atoms with Gasteiger partial charge in [0, 0.05) is 23.3 Å². The average molecular weight is 325 g/mol. The molecule has 0 fully saturated rings. The zero-order valence-corrected chi connectivity index (χ0v) is 13.5. The molecule has 5 heteroatoms. The predicted octanol–water partition coefficient (Wildman–Crippen LogP) is 4.79. The van der Waals surface area contributed by atoms with E-state index in [-0.39, 0.29) is 0 Å². The van der Waals surface area contributed by atoms with Crippen LogP contribution in [0.4, 0.5) is 17.3 Å². The Kier molecular flexibility index (Phi) is 4.74. The normalized spacial score (nSPS) is 10.3. The molecule has 3 rings (SSSR count). The van der Waals surface area contributed by atoms with E-state index in [1.54, 1.807) is 0 Å². The van der Waals surface area contributed by atoms with Gasteiger partial charge in [0.2, 0.25) is 0 Å². The Morgan fingerprint density at radius 2 is 1.74 bits per heavy atom. The van der Waals surface area contributed by atoms with Gasteiger partial charge in [0.05, 0.1) is 0 Å². The third kappa shape index (κ3) is 4.44. The Morgan fingerprint density at radius 3 is 2.52 bits per heavy atom. The van der Waals surface area contributed by atoms with Gasteiger partial charge in [-0.05, 0) is 30.7 Å². The second-order valence-corrected chi connectivity index (χ2v) is 5.70. The van der Waals surface area contributed by atoms with Crippen molar-refractivity contribution in [2.45, 2.75) is 13.5 Å². The van der Waals surface area contributed by atoms with Gasteiger partial charge in [-0.3, -0.25) is 0 Å². The second kappa shape index (κ2) is 7.11. The van der Waals surface area contributed by atoms with Crippen LogP contribution in [-0.2, 0) is 6.54 Å². The summed E-state index contributed by atoms with van der Waals surface area (Å²) in [6.07, 6.45) is 1.53. The topological polar surface area (TPSA) is 49.8 Å². The van der Waals surface area contributed by atoms with E-state index in [4.69, 9.17) is 11.6 Å². The number of anilines is 3. The molecule has 3 aromatic rings. The predicted molar refractivity (Wildman–Crippen MR) is 95.3 cm³/mol. The molecule has 0 aliphatic heterocycles. The summed E-state index contributed by atoms with van der Waals surface area (Å²) in [5, 5.41) is 7.20. The van der Waals surface area contributed by atoms with Crippen LogP contribution in [0.2, 0.25) is 5.02 Å². The maximum absolute atomic E-state index is 5.99. The molecule has 0 spiro atoms. The van der Waals surface area contributed by atoms with Crippen LogP contribution in [0.15, 0.2) is 60.9 Å². The van der Waals surface area contributed by atoms with Crippen molar-refractivity contribution in [1.29, 1.82) is 0 Å². The minimum Gasteiger partial charge on any atom is -0.366 e. The summed E-state index contributed by atoms with van der Waals surface area (Å²) in [5.41, 5.74) is 3.35. The van der Waals surface area contributed by atoms with Gasteiger partial charge in [-0.15, -0.1) is 0 Å². The second-order valence-electron chi connectivity index (χ2n) is 5.26. The Labute approximate surface area is 140 Å². The molecule has 0 saturated heterocycles. The molecule has 0 saturated carbocycles. The molecule has 2 aromatic carbocycles. The lowest BCUT2D eigenvalue weighted by molar-refractivity contribution is 1.08. The van der Waals surface area contributed by atoms with E-state index in [2.05, 4.69) is 51.8 Å². The minimum atomic E-state index is 0.682. The molecule has 0 radical (unpaired) electrons. The first kappa shape index (κ1) is 15.3. The maximum atomic E-state index is 5.99. The SMILES string of the molecule is Cc1ccc(CNc2cc(Nc3cccc(Cl)c3)ncn2)cc1. The smallest absolute Gasteiger partial charge is 0.135 e. The van der Waals surface area contributed by atoms with Gasteiger partial charge >= 0.3 is 0 Å². The highest BCUT2D eigenvalue weighted by molar-refractivity contribution is 6.30. The first-order chi connectivity index (χ1) is 11.2. The fourth-order valence-corrected chi connectivity index (χ4v) is 2.33. The summed E-state index contributed by atoms with van der Waals surface area (Å²) in [7, 11) is 0. The van der Waals surface area contributed by atoms with Crippen molar-refractivity contribution < 1.29 is 0 Å². The van der Waals surface area contributed by atoms with Crippen molar-refractivity contribution in [1.82, 2.24) is 9.97 Å². The molecule has 1 heterocycles. The number of hydrogen-bond acceptors (Lipinski definition) is 4. The average Bonchev–Trinajstić information content (AvgIpc) is 2.55. The monoisotopic (exact) mass is 324 g/mol. The molecule has 0 aliphatic rings. The third-order valence-corrected chi connectivity index (χ3v) is 3.59. The Balaban J connectivity index is 1.66. The maximum Gasteiger partial charge on any atom is 0.135 e. The first-order valence-electron chi connectivity index (χ1n) is 7.33. The summed E-state index contributed by atoms with van der Waals surface area (Å²) >= 11 is 5.99. The van der Waals surface area contributed by atoms with Gasteiger partial charge in [0.25, 0.3) is 0 Å². The number of aromatic nitrogens is 2. The van der Waals surface area contributed by atoms with Crippen molar-refractivity contribution in [3.8, 4) is 0 Å². The zero-order chi connectivity index (χ0) is 16.1. The first-order valence-corrected chi connectivity index (χ1v) is 7.71. The van der Waals surface area contributed by atoms with E-state index in [0.717, 1.165) is 11.5 Å². The third-order valence-electron chi connectivity index (χ3n) is 3.36. The van der Waals surface area contributed by atoms with Crippen LogP contribution in [0, 0.1) is 6.92 Å². The Hall–Kier alpha value is -2.59. The molecule has 23 heavy (non-hydrogen) atoms. The van der Waals surface area contributed by atoms with E-state index in [9.17, 15) is 0 Å². The Morgan fingerprint density at radius 1 is 0.957 bits per heavy atom. The highest BCUT2D eigenvalue weighted by Gasteiger charge is 2.01. The molecule has 0 amide bonds. The van der Waals surface area contributed by atoms with E-state index in [1.165, 1.54) is 17.5 Å². The van der Waals surface area contributed by atoms with E-state index >= 15 is 0 Å². The van der Waals surface area contributed by atoms with Crippen LogP contribution in [0.25, 0.3) is 0 Å². The zero-order valence-electron chi connectivity index (χ0n) is 12.8. The van der Waals surface area contributed by atoms with E-state index < -0.39 is 0 Å². The summed E-state index contributed by atoms with van der Waals surface area (Å²) in [4.78, 5) is 8.47. The van der Waals surface area contributed by atoms with Crippen molar-refractivity contribution in [2.24, 2.45) is 0 Å². The molecule has 0 bridgehead atoms. The van der Waals surface area contributed by atoms with Gasteiger partial charge in [-0.1, -0.05) is 47.5 Å². The van der Waals surface area contributed by atoms with Gasteiger partial charge in [0.1, 0.15) is 18.0 Å². The summed E-state index contributed by atoms with van der Waals surface area (Å²) < 4.78 is 0. The largest absolute Gasteiger partial charge is 0.366 e. The van der Waals surface area contributed by atoms with Crippen LogP contribution in [0.1, 0.15) is 11.1 Å². The van der Waals surface area contributed by atoms with Crippen LogP contribution in [0.3, 0.4) is 0 Å². The molecule has 0 aliphatic carbocycles. The number of nitrogens with zero attached hydrogens (tertiary/aromatic N) is 2. The minimum absolute atomic E-state index is 0.682. The van der Waals surface area contributed by atoms with E-state index in [0.29, 0.717) is 17.4 Å². The van der Waals surface area contributed by atoms with Crippen molar-refractivity contribution in [2.75, 3.05) is 10.6 Å². The summed E-state index contributed by atoms with van der Waals surface area (Å²) in [6.45, 7) is 2.79. The molecule has 0 unspecified atom stereocenters. The fraction of sp³-hybridized carbons (Fsp3) is 0.111.